The Morgan fingerprint density at radius 3 is 2.68 bits per heavy atom. The zero-order chi connectivity index (χ0) is 13.8. The number of rotatable bonds is 5. The van der Waals surface area contributed by atoms with E-state index in [0.29, 0.717) is 24.3 Å². The van der Waals surface area contributed by atoms with Crippen LogP contribution in [0.25, 0.3) is 0 Å². The maximum Gasteiger partial charge on any atom is 0.0706 e. The first-order valence-corrected chi connectivity index (χ1v) is 8.21. The topological polar surface area (TPSA) is 24.5 Å². The Kier molecular flexibility index (Phi) is 5.67. The predicted molar refractivity (Wildman–Crippen MR) is 80.5 cm³/mol. The monoisotopic (exact) mass is 268 g/mol. The lowest BCUT2D eigenvalue weighted by atomic mass is 9.98. The smallest absolute Gasteiger partial charge is 0.0706 e. The van der Waals surface area contributed by atoms with Crippen LogP contribution in [0.5, 0.6) is 0 Å². The molecule has 0 aromatic heterocycles. The van der Waals surface area contributed by atoms with Crippen molar-refractivity contribution in [2.24, 2.45) is 5.92 Å². The Morgan fingerprint density at radius 1 is 1.32 bits per heavy atom. The van der Waals surface area contributed by atoms with E-state index in [1.165, 1.54) is 32.2 Å². The van der Waals surface area contributed by atoms with E-state index in [4.69, 9.17) is 4.74 Å². The van der Waals surface area contributed by atoms with Crippen molar-refractivity contribution in [3.05, 3.63) is 0 Å². The number of hydrogen-bond acceptors (Lipinski definition) is 3. The quantitative estimate of drug-likeness (QED) is 0.829. The molecule has 0 spiro atoms. The van der Waals surface area contributed by atoms with Gasteiger partial charge < -0.3 is 10.1 Å². The molecule has 3 nitrogen and oxygen atoms in total. The Balaban J connectivity index is 1.86. The van der Waals surface area contributed by atoms with Crippen LogP contribution in [0.1, 0.15) is 53.4 Å². The van der Waals surface area contributed by atoms with Crippen LogP contribution in [0.4, 0.5) is 0 Å². The van der Waals surface area contributed by atoms with Crippen LogP contribution in [0.3, 0.4) is 0 Å². The van der Waals surface area contributed by atoms with Gasteiger partial charge in [0.1, 0.15) is 0 Å². The standard InChI is InChI=1S/C16H32N2O/c1-5-15-9-17-14(8-12(2)3)10-18(15)11-16-7-6-13(4)19-16/h12-17H,5-11H2,1-4H3. The molecule has 19 heavy (non-hydrogen) atoms. The van der Waals surface area contributed by atoms with Crippen LogP contribution in [0.2, 0.25) is 0 Å². The first-order valence-electron chi connectivity index (χ1n) is 8.21. The molecule has 0 aromatic carbocycles. The van der Waals surface area contributed by atoms with Gasteiger partial charge in [0.15, 0.2) is 0 Å². The summed E-state index contributed by atoms with van der Waals surface area (Å²) in [5.74, 6) is 0.778. The van der Waals surface area contributed by atoms with Crippen molar-refractivity contribution < 1.29 is 4.74 Å². The summed E-state index contributed by atoms with van der Waals surface area (Å²) in [7, 11) is 0. The molecule has 1 N–H and O–H groups in total. The SMILES string of the molecule is CCC1CNC(CC(C)C)CN1CC1CCC(C)O1. The third kappa shape index (κ3) is 4.44. The first-order chi connectivity index (χ1) is 9.08. The van der Waals surface area contributed by atoms with E-state index in [1.807, 2.05) is 0 Å². The van der Waals surface area contributed by atoms with Crippen LogP contribution >= 0.6 is 0 Å². The fourth-order valence-corrected chi connectivity index (χ4v) is 3.56. The second kappa shape index (κ2) is 7.05. The van der Waals surface area contributed by atoms with Gasteiger partial charge in [-0.3, -0.25) is 4.90 Å². The molecule has 4 unspecified atom stereocenters. The third-order valence-corrected chi connectivity index (χ3v) is 4.60. The summed E-state index contributed by atoms with van der Waals surface area (Å²) in [6.07, 6.45) is 5.96. The van der Waals surface area contributed by atoms with Crippen molar-refractivity contribution in [3.63, 3.8) is 0 Å². The molecular weight excluding hydrogens is 236 g/mol. The molecule has 2 saturated heterocycles. The molecule has 0 radical (unpaired) electrons. The predicted octanol–water partition coefficient (Wildman–Crippen LogP) is 2.65. The molecule has 2 aliphatic rings. The van der Waals surface area contributed by atoms with Gasteiger partial charge in [0, 0.05) is 31.7 Å². The Labute approximate surface area is 119 Å². The summed E-state index contributed by atoms with van der Waals surface area (Å²) in [5, 5.41) is 3.73. The molecule has 0 bridgehead atoms. The lowest BCUT2D eigenvalue weighted by molar-refractivity contribution is 0.00893. The minimum absolute atomic E-state index is 0.472. The number of nitrogens with zero attached hydrogens (tertiary/aromatic N) is 1. The largest absolute Gasteiger partial charge is 0.374 e. The molecule has 2 aliphatic heterocycles. The van der Waals surface area contributed by atoms with Gasteiger partial charge in [-0.25, -0.2) is 0 Å². The van der Waals surface area contributed by atoms with Gasteiger partial charge in [0.05, 0.1) is 12.2 Å². The van der Waals surface area contributed by atoms with Gasteiger partial charge in [-0.2, -0.15) is 0 Å². The summed E-state index contributed by atoms with van der Waals surface area (Å²) in [6, 6.07) is 1.37. The lowest BCUT2D eigenvalue weighted by Gasteiger charge is -2.41. The minimum Gasteiger partial charge on any atom is -0.374 e. The molecule has 2 heterocycles. The summed E-state index contributed by atoms with van der Waals surface area (Å²) in [4.78, 5) is 2.69. The van der Waals surface area contributed by atoms with Crippen molar-refractivity contribution in [1.82, 2.24) is 10.2 Å². The molecule has 0 amide bonds. The van der Waals surface area contributed by atoms with Crippen LogP contribution in [-0.4, -0.2) is 48.8 Å². The van der Waals surface area contributed by atoms with Gasteiger partial charge in [-0.1, -0.05) is 20.8 Å². The van der Waals surface area contributed by atoms with E-state index in [9.17, 15) is 0 Å². The summed E-state index contributed by atoms with van der Waals surface area (Å²) in [5.41, 5.74) is 0. The molecular formula is C16H32N2O. The lowest BCUT2D eigenvalue weighted by Crippen LogP contribution is -2.58. The van der Waals surface area contributed by atoms with Crippen molar-refractivity contribution in [2.75, 3.05) is 19.6 Å². The zero-order valence-corrected chi connectivity index (χ0v) is 13.2. The third-order valence-electron chi connectivity index (χ3n) is 4.60. The second-order valence-electron chi connectivity index (χ2n) is 6.90. The van der Waals surface area contributed by atoms with Crippen LogP contribution in [-0.2, 0) is 4.74 Å². The molecule has 0 saturated carbocycles. The molecule has 112 valence electrons. The van der Waals surface area contributed by atoms with Gasteiger partial charge in [0.2, 0.25) is 0 Å². The van der Waals surface area contributed by atoms with Crippen molar-refractivity contribution in [2.45, 2.75) is 77.7 Å². The van der Waals surface area contributed by atoms with E-state index in [-0.39, 0.29) is 0 Å². The van der Waals surface area contributed by atoms with Crippen LogP contribution in [0.15, 0.2) is 0 Å². The van der Waals surface area contributed by atoms with E-state index >= 15 is 0 Å². The van der Waals surface area contributed by atoms with Gasteiger partial charge in [-0.05, 0) is 38.5 Å². The Hall–Kier alpha value is -0.120. The van der Waals surface area contributed by atoms with Crippen LogP contribution < -0.4 is 5.32 Å². The Morgan fingerprint density at radius 2 is 2.11 bits per heavy atom. The van der Waals surface area contributed by atoms with Crippen LogP contribution in [0, 0.1) is 5.92 Å². The highest BCUT2D eigenvalue weighted by Crippen LogP contribution is 2.23. The molecule has 0 aliphatic carbocycles. The maximum absolute atomic E-state index is 6.01. The molecule has 2 fully saturated rings. The normalized spacial score (nSPS) is 37.1. The zero-order valence-electron chi connectivity index (χ0n) is 13.2. The maximum atomic E-state index is 6.01. The first kappa shape index (κ1) is 15.3. The molecule has 4 atom stereocenters. The summed E-state index contributed by atoms with van der Waals surface area (Å²) in [6.45, 7) is 12.6. The molecule has 0 aromatic rings. The highest BCUT2D eigenvalue weighted by atomic mass is 16.5. The minimum atomic E-state index is 0.472. The van der Waals surface area contributed by atoms with E-state index in [0.717, 1.165) is 19.0 Å². The fourth-order valence-electron chi connectivity index (χ4n) is 3.56. The Bertz CT molecular complexity index is 269. The average molecular weight is 268 g/mol. The van der Waals surface area contributed by atoms with Crippen molar-refractivity contribution in [3.8, 4) is 0 Å². The highest BCUT2D eigenvalue weighted by molar-refractivity contribution is 4.88. The van der Waals surface area contributed by atoms with E-state index < -0.39 is 0 Å². The fraction of sp³-hybridized carbons (Fsp3) is 1.00. The molecule has 2 rings (SSSR count). The van der Waals surface area contributed by atoms with Crippen molar-refractivity contribution >= 4 is 0 Å². The van der Waals surface area contributed by atoms with E-state index in [2.05, 4.69) is 37.9 Å². The van der Waals surface area contributed by atoms with Gasteiger partial charge in [0.25, 0.3) is 0 Å². The summed E-state index contributed by atoms with van der Waals surface area (Å²) >= 11 is 0. The second-order valence-corrected chi connectivity index (χ2v) is 6.90. The van der Waals surface area contributed by atoms with E-state index in [1.54, 1.807) is 0 Å². The van der Waals surface area contributed by atoms with Gasteiger partial charge in [-0.15, -0.1) is 0 Å². The van der Waals surface area contributed by atoms with Crippen molar-refractivity contribution in [1.29, 1.82) is 0 Å². The number of piperazine rings is 1. The highest BCUT2D eigenvalue weighted by Gasteiger charge is 2.31. The van der Waals surface area contributed by atoms with Gasteiger partial charge >= 0.3 is 0 Å². The number of ether oxygens (including phenoxy) is 1. The average Bonchev–Trinajstić information content (AvgIpc) is 2.74. The number of hydrogen-bond donors (Lipinski definition) is 1. The molecule has 3 heteroatoms. The summed E-state index contributed by atoms with van der Waals surface area (Å²) < 4.78 is 6.01. The number of nitrogens with one attached hydrogen (secondary N) is 1.